The molecule has 0 saturated carbocycles. The van der Waals surface area contributed by atoms with E-state index in [-0.39, 0.29) is 5.91 Å². The van der Waals surface area contributed by atoms with E-state index in [9.17, 15) is 4.79 Å². The van der Waals surface area contributed by atoms with Gasteiger partial charge >= 0.3 is 0 Å². The molecule has 1 N–H and O–H groups in total. The van der Waals surface area contributed by atoms with Crippen molar-refractivity contribution in [1.82, 2.24) is 10.3 Å². The van der Waals surface area contributed by atoms with Gasteiger partial charge in [-0.05, 0) is 29.5 Å². The zero-order valence-corrected chi connectivity index (χ0v) is 11.2. The summed E-state index contributed by atoms with van der Waals surface area (Å²) in [5.74, 6) is 0.891. The minimum atomic E-state index is 0.0957. The normalized spacial score (nSPS) is 18.1. The molecule has 0 spiro atoms. The number of ether oxygens (including phenoxy) is 1. The summed E-state index contributed by atoms with van der Waals surface area (Å²) in [7, 11) is 0. The molecule has 0 saturated heterocycles. The lowest BCUT2D eigenvalue weighted by Gasteiger charge is -2.07. The average molecular weight is 258 g/mol. The van der Waals surface area contributed by atoms with Crippen LogP contribution in [0.3, 0.4) is 0 Å². The number of hydrogen-bond acceptors (Lipinski definition) is 3. The number of fused-ring (bicyclic) bond motifs is 3. The molecule has 0 unspecified atom stereocenters. The highest BCUT2D eigenvalue weighted by atomic mass is 16.5. The van der Waals surface area contributed by atoms with Crippen molar-refractivity contribution < 1.29 is 9.53 Å². The molecular formula is C15H18N2O2. The first kappa shape index (κ1) is 12.2. The first-order valence-corrected chi connectivity index (χ1v) is 6.89. The molecule has 0 aromatic carbocycles. The van der Waals surface area contributed by atoms with Crippen LogP contribution < -0.4 is 10.1 Å². The molecule has 4 nitrogen and oxygen atoms in total. The zero-order chi connectivity index (χ0) is 13.2. The van der Waals surface area contributed by atoms with Crippen LogP contribution in [0.4, 0.5) is 0 Å². The number of carbonyl (C=O) groups is 1. The fourth-order valence-corrected chi connectivity index (χ4v) is 2.79. The highest BCUT2D eigenvalue weighted by Gasteiger charge is 2.26. The molecule has 1 aromatic rings. The average Bonchev–Trinajstić information content (AvgIpc) is 3.03. The molecule has 0 fully saturated rings. The summed E-state index contributed by atoms with van der Waals surface area (Å²) in [6.45, 7) is 3.21. The van der Waals surface area contributed by atoms with Crippen molar-refractivity contribution in [3.63, 3.8) is 0 Å². The van der Waals surface area contributed by atoms with Crippen molar-refractivity contribution in [3.05, 3.63) is 29.0 Å². The number of amides is 1. The van der Waals surface area contributed by atoms with Gasteiger partial charge in [0.15, 0.2) is 0 Å². The third kappa shape index (κ3) is 2.23. The van der Waals surface area contributed by atoms with Gasteiger partial charge in [0, 0.05) is 31.1 Å². The van der Waals surface area contributed by atoms with Crippen molar-refractivity contribution in [1.29, 1.82) is 0 Å². The molecule has 1 aliphatic heterocycles. The van der Waals surface area contributed by atoms with Crippen LogP contribution in [0.1, 0.15) is 36.5 Å². The Kier molecular flexibility index (Phi) is 3.23. The molecule has 3 rings (SSSR count). The smallest absolute Gasteiger partial charge is 0.219 e. The molecule has 4 heteroatoms. The first-order chi connectivity index (χ1) is 9.29. The van der Waals surface area contributed by atoms with Crippen LogP contribution in [0, 0.1) is 0 Å². The van der Waals surface area contributed by atoms with E-state index in [1.807, 2.05) is 13.1 Å². The summed E-state index contributed by atoms with van der Waals surface area (Å²) in [6.07, 6.45) is 7.64. The molecule has 0 bridgehead atoms. The lowest BCUT2D eigenvalue weighted by Crippen LogP contribution is -2.22. The summed E-state index contributed by atoms with van der Waals surface area (Å²) in [6, 6.07) is 0. The molecule has 1 aliphatic carbocycles. The molecule has 2 aliphatic rings. The Morgan fingerprint density at radius 2 is 2.37 bits per heavy atom. The minimum absolute atomic E-state index is 0.0957. The number of pyridine rings is 1. The number of nitrogens with zero attached hydrogens (tertiary/aromatic N) is 1. The maximum absolute atomic E-state index is 11.2. The predicted molar refractivity (Wildman–Crippen MR) is 73.0 cm³/mol. The van der Waals surface area contributed by atoms with Crippen LogP contribution in [0.15, 0.2) is 12.3 Å². The SMILES string of the molecule is CCC(=O)NCC=C1CCc2cnc3c(c21)CCO3. The molecule has 0 radical (unpaired) electrons. The number of nitrogens with one attached hydrogen (secondary N) is 1. The topological polar surface area (TPSA) is 51.2 Å². The molecular weight excluding hydrogens is 240 g/mol. The van der Waals surface area contributed by atoms with Crippen molar-refractivity contribution in [2.24, 2.45) is 0 Å². The van der Waals surface area contributed by atoms with Crippen molar-refractivity contribution in [3.8, 4) is 5.88 Å². The Morgan fingerprint density at radius 1 is 1.47 bits per heavy atom. The van der Waals surface area contributed by atoms with Gasteiger partial charge in [-0.2, -0.15) is 0 Å². The molecule has 19 heavy (non-hydrogen) atoms. The number of allylic oxidation sites excluding steroid dienone is 1. The summed E-state index contributed by atoms with van der Waals surface area (Å²) < 4.78 is 5.52. The lowest BCUT2D eigenvalue weighted by atomic mass is 10.0. The van der Waals surface area contributed by atoms with Crippen molar-refractivity contribution >= 4 is 11.5 Å². The number of carbonyl (C=O) groups excluding carboxylic acids is 1. The van der Waals surface area contributed by atoms with Gasteiger partial charge in [0.25, 0.3) is 0 Å². The highest BCUT2D eigenvalue weighted by molar-refractivity contribution is 5.78. The largest absolute Gasteiger partial charge is 0.477 e. The molecule has 100 valence electrons. The molecule has 1 amide bonds. The number of hydrogen-bond donors (Lipinski definition) is 1. The van der Waals surface area contributed by atoms with Gasteiger partial charge in [0.2, 0.25) is 11.8 Å². The van der Waals surface area contributed by atoms with E-state index in [4.69, 9.17) is 4.74 Å². The Balaban J connectivity index is 1.83. The van der Waals surface area contributed by atoms with Gasteiger partial charge in [-0.25, -0.2) is 4.98 Å². The molecule has 2 heterocycles. The van der Waals surface area contributed by atoms with Gasteiger partial charge in [-0.3, -0.25) is 4.79 Å². The molecule has 1 aromatic heterocycles. The van der Waals surface area contributed by atoms with E-state index in [2.05, 4.69) is 16.4 Å². The van der Waals surface area contributed by atoms with Crippen LogP contribution in [-0.2, 0) is 17.6 Å². The van der Waals surface area contributed by atoms with Gasteiger partial charge in [0.05, 0.1) is 6.61 Å². The maximum atomic E-state index is 11.2. The summed E-state index contributed by atoms with van der Waals surface area (Å²) in [5.41, 5.74) is 5.23. The summed E-state index contributed by atoms with van der Waals surface area (Å²) in [5, 5.41) is 2.90. The number of aryl methyl sites for hydroxylation is 1. The van der Waals surface area contributed by atoms with Crippen LogP contribution in [0.2, 0.25) is 0 Å². The monoisotopic (exact) mass is 258 g/mol. The Hall–Kier alpha value is -1.84. The quantitative estimate of drug-likeness (QED) is 0.900. The lowest BCUT2D eigenvalue weighted by molar-refractivity contribution is -0.120. The zero-order valence-electron chi connectivity index (χ0n) is 11.2. The van der Waals surface area contributed by atoms with Crippen molar-refractivity contribution in [2.45, 2.75) is 32.6 Å². The van der Waals surface area contributed by atoms with Crippen LogP contribution in [-0.4, -0.2) is 24.0 Å². The summed E-state index contributed by atoms with van der Waals surface area (Å²) >= 11 is 0. The van der Waals surface area contributed by atoms with Gasteiger partial charge in [-0.1, -0.05) is 13.0 Å². The first-order valence-electron chi connectivity index (χ1n) is 6.89. The minimum Gasteiger partial charge on any atom is -0.477 e. The van der Waals surface area contributed by atoms with Gasteiger partial charge < -0.3 is 10.1 Å². The van der Waals surface area contributed by atoms with E-state index in [1.54, 1.807) is 0 Å². The Bertz CT molecular complexity index is 549. The van der Waals surface area contributed by atoms with E-state index in [1.165, 1.54) is 22.3 Å². The fraction of sp³-hybridized carbons (Fsp3) is 0.467. The number of rotatable bonds is 3. The van der Waals surface area contributed by atoms with E-state index in [0.29, 0.717) is 13.0 Å². The second-order valence-electron chi connectivity index (χ2n) is 4.93. The maximum Gasteiger partial charge on any atom is 0.219 e. The standard InChI is InChI=1S/C15H18N2O2/c1-2-13(18)16-7-5-10-3-4-11-9-17-15-12(14(10)11)6-8-19-15/h5,9H,2-4,6-8H2,1H3,(H,16,18). The van der Waals surface area contributed by atoms with Gasteiger partial charge in [0.1, 0.15) is 0 Å². The van der Waals surface area contributed by atoms with Crippen molar-refractivity contribution in [2.75, 3.05) is 13.2 Å². The second kappa shape index (κ2) is 5.03. The third-order valence-electron chi connectivity index (χ3n) is 3.76. The van der Waals surface area contributed by atoms with Gasteiger partial charge in [-0.15, -0.1) is 0 Å². The number of aromatic nitrogens is 1. The fourth-order valence-electron chi connectivity index (χ4n) is 2.79. The highest BCUT2D eigenvalue weighted by Crippen LogP contribution is 2.39. The van der Waals surface area contributed by atoms with Crippen LogP contribution in [0.5, 0.6) is 5.88 Å². The predicted octanol–water partition coefficient (Wildman–Crippen LogP) is 1.87. The Morgan fingerprint density at radius 3 is 3.21 bits per heavy atom. The van der Waals surface area contributed by atoms with E-state index >= 15 is 0 Å². The third-order valence-corrected chi connectivity index (χ3v) is 3.76. The van der Waals surface area contributed by atoms with Crippen LogP contribution in [0.25, 0.3) is 5.57 Å². The van der Waals surface area contributed by atoms with E-state index in [0.717, 1.165) is 31.7 Å². The Labute approximate surface area is 112 Å². The second-order valence-corrected chi connectivity index (χ2v) is 4.93. The van der Waals surface area contributed by atoms with E-state index < -0.39 is 0 Å². The van der Waals surface area contributed by atoms with Crippen LogP contribution >= 0.6 is 0 Å². The molecule has 0 atom stereocenters. The summed E-state index contributed by atoms with van der Waals surface area (Å²) in [4.78, 5) is 15.6.